The first-order valence-corrected chi connectivity index (χ1v) is 10.2. The predicted octanol–water partition coefficient (Wildman–Crippen LogP) is 4.45. The van der Waals surface area contributed by atoms with Gasteiger partial charge in [0, 0.05) is 46.0 Å². The van der Waals surface area contributed by atoms with Crippen molar-refractivity contribution >= 4 is 23.0 Å². The van der Waals surface area contributed by atoms with Crippen LogP contribution in [0.4, 0.5) is 0 Å². The van der Waals surface area contributed by atoms with Crippen LogP contribution in [-0.2, 0) is 11.3 Å². The van der Waals surface area contributed by atoms with Crippen molar-refractivity contribution in [2.45, 2.75) is 47.1 Å². The van der Waals surface area contributed by atoms with E-state index >= 15 is 0 Å². The summed E-state index contributed by atoms with van der Waals surface area (Å²) in [7, 11) is 0. The van der Waals surface area contributed by atoms with Crippen LogP contribution >= 0.6 is 11.3 Å². The maximum atomic E-state index is 12.3. The average molecular weight is 396 g/mol. The number of hydrogen-bond donors (Lipinski definition) is 1. The second kappa shape index (κ2) is 8.52. The minimum atomic E-state index is -0.121. The highest BCUT2D eigenvalue weighted by Crippen LogP contribution is 2.22. The second-order valence-corrected chi connectivity index (χ2v) is 8.38. The Kier molecular flexibility index (Phi) is 6.09. The molecule has 3 rings (SSSR count). The van der Waals surface area contributed by atoms with Crippen LogP contribution in [0.1, 0.15) is 49.9 Å². The number of ketones is 1. The van der Waals surface area contributed by atoms with Crippen LogP contribution in [0.3, 0.4) is 0 Å². The van der Waals surface area contributed by atoms with Crippen molar-refractivity contribution in [3.63, 3.8) is 0 Å². The highest BCUT2D eigenvalue weighted by Gasteiger charge is 2.16. The summed E-state index contributed by atoms with van der Waals surface area (Å²) < 4.78 is 1.89. The van der Waals surface area contributed by atoms with Crippen molar-refractivity contribution in [1.82, 2.24) is 15.1 Å². The third-order valence-electron chi connectivity index (χ3n) is 4.82. The fourth-order valence-corrected chi connectivity index (χ4v) is 4.24. The molecule has 0 unspecified atom stereocenters. The van der Waals surface area contributed by atoms with Gasteiger partial charge in [0.15, 0.2) is 5.78 Å². The molecule has 1 N–H and O–H groups in total. The molecule has 0 spiro atoms. The molecule has 0 saturated heterocycles. The lowest BCUT2D eigenvalue weighted by atomic mass is 10.1. The average Bonchev–Trinajstić information content (AvgIpc) is 3.16. The molecule has 0 aliphatic rings. The summed E-state index contributed by atoms with van der Waals surface area (Å²) >= 11 is 1.61. The molecule has 2 aromatic heterocycles. The zero-order chi connectivity index (χ0) is 20.3. The highest BCUT2D eigenvalue weighted by molar-refractivity contribution is 7.12. The van der Waals surface area contributed by atoms with Crippen LogP contribution in [0.5, 0.6) is 0 Å². The van der Waals surface area contributed by atoms with E-state index in [4.69, 9.17) is 0 Å². The molecule has 2 heterocycles. The van der Waals surface area contributed by atoms with Crippen LogP contribution in [-0.4, -0.2) is 21.5 Å². The molecule has 3 aromatic rings. The molecule has 0 atom stereocenters. The van der Waals surface area contributed by atoms with Crippen molar-refractivity contribution in [2.75, 3.05) is 0 Å². The maximum absolute atomic E-state index is 12.3. The van der Waals surface area contributed by atoms with Gasteiger partial charge < -0.3 is 5.32 Å². The minimum Gasteiger partial charge on any atom is -0.352 e. The van der Waals surface area contributed by atoms with Crippen molar-refractivity contribution in [2.24, 2.45) is 0 Å². The first-order valence-electron chi connectivity index (χ1n) is 9.34. The lowest BCUT2D eigenvalue weighted by Crippen LogP contribution is -2.24. The monoisotopic (exact) mass is 395 g/mol. The van der Waals surface area contributed by atoms with Gasteiger partial charge in [0.2, 0.25) is 5.91 Å². The van der Waals surface area contributed by atoms with Crippen molar-refractivity contribution in [3.8, 4) is 5.69 Å². The number of aromatic nitrogens is 2. The molecule has 0 fully saturated rings. The number of rotatable bonds is 7. The summed E-state index contributed by atoms with van der Waals surface area (Å²) in [4.78, 5) is 26.7. The number of thiophene rings is 1. The Hall–Kier alpha value is -2.73. The molecule has 28 heavy (non-hydrogen) atoms. The molecule has 0 aliphatic carbocycles. The lowest BCUT2D eigenvalue weighted by molar-refractivity contribution is -0.121. The number of para-hydroxylation sites is 1. The van der Waals surface area contributed by atoms with E-state index < -0.39 is 0 Å². The summed E-state index contributed by atoms with van der Waals surface area (Å²) in [5.74, 6) is -0.0922. The van der Waals surface area contributed by atoms with E-state index in [0.29, 0.717) is 6.54 Å². The molecule has 0 bridgehead atoms. The summed E-state index contributed by atoms with van der Waals surface area (Å²) in [5.41, 5.74) is 4.64. The maximum Gasteiger partial charge on any atom is 0.220 e. The summed E-state index contributed by atoms with van der Waals surface area (Å²) in [6.45, 7) is 8.29. The molecule has 5 nitrogen and oxygen atoms in total. The standard InChI is InChI=1S/C22H25N3O2S/c1-14-12-19(17(4)28-14)21(26)10-11-22(27)23-13-20-15(2)24-25(16(20)3)18-8-6-5-7-9-18/h5-9,12H,10-11,13H2,1-4H3,(H,23,27). The van der Waals surface area contributed by atoms with E-state index in [1.54, 1.807) is 11.3 Å². The zero-order valence-corrected chi connectivity index (χ0v) is 17.5. The number of benzene rings is 1. The molecule has 146 valence electrons. The van der Waals surface area contributed by atoms with Gasteiger partial charge in [0.25, 0.3) is 0 Å². The van der Waals surface area contributed by atoms with Gasteiger partial charge in [0.05, 0.1) is 11.4 Å². The Morgan fingerprint density at radius 1 is 1.07 bits per heavy atom. The number of aryl methyl sites for hydroxylation is 3. The number of carbonyl (C=O) groups is 2. The van der Waals surface area contributed by atoms with Gasteiger partial charge in [-0.05, 0) is 45.9 Å². The van der Waals surface area contributed by atoms with Crippen LogP contribution in [0.2, 0.25) is 0 Å². The van der Waals surface area contributed by atoms with Gasteiger partial charge in [-0.2, -0.15) is 5.10 Å². The number of nitrogens with one attached hydrogen (secondary N) is 1. The van der Waals surface area contributed by atoms with Crippen LogP contribution in [0.15, 0.2) is 36.4 Å². The van der Waals surface area contributed by atoms with Gasteiger partial charge in [-0.25, -0.2) is 4.68 Å². The molecule has 6 heteroatoms. The van der Waals surface area contributed by atoms with Gasteiger partial charge in [-0.15, -0.1) is 11.3 Å². The Bertz CT molecular complexity index is 1000. The van der Waals surface area contributed by atoms with Crippen LogP contribution in [0.25, 0.3) is 5.69 Å². The normalized spacial score (nSPS) is 10.9. The lowest BCUT2D eigenvalue weighted by Gasteiger charge is -2.07. The molecule has 0 radical (unpaired) electrons. The SMILES string of the molecule is Cc1cc(C(=O)CCC(=O)NCc2c(C)nn(-c3ccccc3)c2C)c(C)s1. The van der Waals surface area contributed by atoms with Crippen molar-refractivity contribution in [1.29, 1.82) is 0 Å². The summed E-state index contributed by atoms with van der Waals surface area (Å²) in [6, 6.07) is 11.8. The smallest absolute Gasteiger partial charge is 0.220 e. The molecule has 0 aliphatic heterocycles. The third kappa shape index (κ3) is 4.39. The number of carbonyl (C=O) groups excluding carboxylic acids is 2. The minimum absolute atomic E-state index is 0.0289. The Morgan fingerprint density at radius 2 is 1.79 bits per heavy atom. The molecule has 1 amide bonds. The second-order valence-electron chi connectivity index (χ2n) is 6.92. The van der Waals surface area contributed by atoms with E-state index in [-0.39, 0.29) is 24.5 Å². The fourth-order valence-electron chi connectivity index (χ4n) is 3.30. The van der Waals surface area contributed by atoms with Crippen LogP contribution < -0.4 is 5.32 Å². The largest absolute Gasteiger partial charge is 0.352 e. The van der Waals surface area contributed by atoms with Gasteiger partial charge in [0.1, 0.15) is 0 Å². The van der Waals surface area contributed by atoms with Gasteiger partial charge in [-0.1, -0.05) is 18.2 Å². The van der Waals surface area contributed by atoms with Crippen molar-refractivity contribution < 1.29 is 9.59 Å². The third-order valence-corrected chi connectivity index (χ3v) is 5.79. The number of Topliss-reactive ketones (excluding diaryl/α,β-unsaturated/α-hetero) is 1. The van der Waals surface area contributed by atoms with Crippen molar-refractivity contribution in [3.05, 3.63) is 68.7 Å². The van der Waals surface area contributed by atoms with Gasteiger partial charge in [-0.3, -0.25) is 9.59 Å². The van der Waals surface area contributed by atoms with Crippen LogP contribution in [0, 0.1) is 27.7 Å². The number of amides is 1. The van der Waals surface area contributed by atoms with E-state index in [1.807, 2.05) is 68.8 Å². The Morgan fingerprint density at radius 3 is 2.43 bits per heavy atom. The van der Waals surface area contributed by atoms with E-state index in [1.165, 1.54) is 0 Å². The first kappa shape index (κ1) is 20.0. The number of hydrogen-bond acceptors (Lipinski definition) is 4. The highest BCUT2D eigenvalue weighted by atomic mass is 32.1. The summed E-state index contributed by atoms with van der Waals surface area (Å²) in [5, 5.41) is 7.53. The van der Waals surface area contributed by atoms with E-state index in [9.17, 15) is 9.59 Å². The first-order chi connectivity index (χ1) is 13.4. The molecular weight excluding hydrogens is 370 g/mol. The topological polar surface area (TPSA) is 64.0 Å². The molecule has 0 saturated carbocycles. The van der Waals surface area contributed by atoms with E-state index in [2.05, 4.69) is 10.4 Å². The number of nitrogens with zero attached hydrogens (tertiary/aromatic N) is 2. The summed E-state index contributed by atoms with van der Waals surface area (Å²) in [6.07, 6.45) is 0.419. The Balaban J connectivity index is 1.58. The van der Waals surface area contributed by atoms with Gasteiger partial charge >= 0.3 is 0 Å². The zero-order valence-electron chi connectivity index (χ0n) is 16.7. The molecule has 1 aromatic carbocycles. The fraction of sp³-hybridized carbons (Fsp3) is 0.318. The quantitative estimate of drug-likeness (QED) is 0.601. The van der Waals surface area contributed by atoms with E-state index in [0.717, 1.165) is 38.0 Å². The predicted molar refractivity (Wildman–Crippen MR) is 112 cm³/mol. The Labute approximate surface area is 169 Å². The molecular formula is C22H25N3O2S.